The molecule has 0 spiro atoms. The Hall–Kier alpha value is -1.64. The molecule has 2 aromatic carbocycles. The maximum absolute atomic E-state index is 12.7. The van der Waals surface area contributed by atoms with Crippen LogP contribution in [0.2, 0.25) is 0 Å². The van der Waals surface area contributed by atoms with Crippen LogP contribution in [0, 0.1) is 5.92 Å². The molecule has 2 aromatic rings. The zero-order valence-electron chi connectivity index (χ0n) is 12.4. The average molecular weight is 314 g/mol. The van der Waals surface area contributed by atoms with Crippen molar-refractivity contribution in [1.82, 2.24) is 5.32 Å². The van der Waals surface area contributed by atoms with Gasteiger partial charge in [0.05, 0.1) is 0 Å². The van der Waals surface area contributed by atoms with E-state index in [0.717, 1.165) is 5.56 Å². The Morgan fingerprint density at radius 3 is 2.14 bits per heavy atom. The van der Waals surface area contributed by atoms with Crippen LogP contribution in [0.4, 0.5) is 0 Å². The second kappa shape index (κ2) is 7.08. The molecule has 1 aliphatic rings. The summed E-state index contributed by atoms with van der Waals surface area (Å²) >= 11 is 5.93. The van der Waals surface area contributed by atoms with E-state index < -0.39 is 0 Å². The summed E-state index contributed by atoms with van der Waals surface area (Å²) in [7, 11) is 0. The predicted octanol–water partition coefficient (Wildman–Crippen LogP) is 4.28. The van der Waals surface area contributed by atoms with Gasteiger partial charge < -0.3 is 5.32 Å². The summed E-state index contributed by atoms with van der Waals surface area (Å²) in [5.41, 5.74) is 2.33. The van der Waals surface area contributed by atoms with Gasteiger partial charge in [-0.05, 0) is 17.5 Å². The Morgan fingerprint density at radius 2 is 1.55 bits per heavy atom. The van der Waals surface area contributed by atoms with Crippen molar-refractivity contribution in [3.63, 3.8) is 0 Å². The SMILES string of the molecule is O=C1C[C@H](c2ccccc2)N[C@H](c2ccccc2)[C@H]1CCCl. The number of carbonyl (C=O) groups excluding carboxylic acids is 1. The van der Waals surface area contributed by atoms with E-state index >= 15 is 0 Å². The molecule has 22 heavy (non-hydrogen) atoms. The van der Waals surface area contributed by atoms with Gasteiger partial charge in [0.15, 0.2) is 0 Å². The Morgan fingerprint density at radius 1 is 0.955 bits per heavy atom. The molecule has 1 fully saturated rings. The normalized spacial score (nSPS) is 25.1. The van der Waals surface area contributed by atoms with Crippen LogP contribution in [-0.4, -0.2) is 11.7 Å². The minimum atomic E-state index is -0.0418. The zero-order chi connectivity index (χ0) is 15.4. The Labute approximate surface area is 136 Å². The van der Waals surface area contributed by atoms with Gasteiger partial charge in [0.1, 0.15) is 5.78 Å². The fraction of sp³-hybridized carbons (Fsp3) is 0.316. The number of nitrogens with one attached hydrogen (secondary N) is 1. The van der Waals surface area contributed by atoms with Crippen LogP contribution >= 0.6 is 11.6 Å². The van der Waals surface area contributed by atoms with E-state index in [-0.39, 0.29) is 18.0 Å². The highest BCUT2D eigenvalue weighted by Crippen LogP contribution is 2.36. The molecule has 0 saturated carbocycles. The fourth-order valence-electron chi connectivity index (χ4n) is 3.26. The third-order valence-electron chi connectivity index (χ3n) is 4.38. The molecule has 1 N–H and O–H groups in total. The zero-order valence-corrected chi connectivity index (χ0v) is 13.2. The van der Waals surface area contributed by atoms with Gasteiger partial charge >= 0.3 is 0 Å². The Balaban J connectivity index is 1.90. The van der Waals surface area contributed by atoms with Crippen molar-refractivity contribution in [3.8, 4) is 0 Å². The summed E-state index contributed by atoms with van der Waals surface area (Å²) in [5.74, 6) is 0.777. The van der Waals surface area contributed by atoms with E-state index in [1.807, 2.05) is 36.4 Å². The molecule has 0 aromatic heterocycles. The van der Waals surface area contributed by atoms with Gasteiger partial charge in [-0.2, -0.15) is 0 Å². The molecule has 0 amide bonds. The molecule has 114 valence electrons. The van der Waals surface area contributed by atoms with Gasteiger partial charge in [0.2, 0.25) is 0 Å². The van der Waals surface area contributed by atoms with E-state index in [1.54, 1.807) is 0 Å². The van der Waals surface area contributed by atoms with Crippen molar-refractivity contribution in [2.75, 3.05) is 5.88 Å². The van der Waals surface area contributed by atoms with E-state index in [9.17, 15) is 4.79 Å². The third-order valence-corrected chi connectivity index (χ3v) is 4.60. The number of hydrogen-bond acceptors (Lipinski definition) is 2. The molecule has 3 heteroatoms. The monoisotopic (exact) mass is 313 g/mol. The average Bonchev–Trinajstić information content (AvgIpc) is 2.58. The molecule has 1 heterocycles. The first-order chi connectivity index (χ1) is 10.8. The number of benzene rings is 2. The number of hydrogen-bond donors (Lipinski definition) is 1. The van der Waals surface area contributed by atoms with Crippen LogP contribution in [-0.2, 0) is 4.79 Å². The van der Waals surface area contributed by atoms with Crippen LogP contribution in [0.1, 0.15) is 36.1 Å². The van der Waals surface area contributed by atoms with E-state index in [1.165, 1.54) is 5.56 Å². The first-order valence-electron chi connectivity index (χ1n) is 7.74. The van der Waals surface area contributed by atoms with E-state index in [4.69, 9.17) is 11.6 Å². The van der Waals surface area contributed by atoms with Crippen LogP contribution in [0.25, 0.3) is 0 Å². The van der Waals surface area contributed by atoms with Gasteiger partial charge in [0.25, 0.3) is 0 Å². The highest BCUT2D eigenvalue weighted by atomic mass is 35.5. The molecule has 0 radical (unpaired) electrons. The van der Waals surface area contributed by atoms with Crippen molar-refractivity contribution in [1.29, 1.82) is 0 Å². The van der Waals surface area contributed by atoms with Crippen molar-refractivity contribution in [3.05, 3.63) is 71.8 Å². The second-order valence-electron chi connectivity index (χ2n) is 5.77. The van der Waals surface area contributed by atoms with Crippen LogP contribution in [0.15, 0.2) is 60.7 Å². The first kappa shape index (κ1) is 15.3. The van der Waals surface area contributed by atoms with Gasteiger partial charge in [-0.15, -0.1) is 11.6 Å². The topological polar surface area (TPSA) is 29.1 Å². The van der Waals surface area contributed by atoms with Gasteiger partial charge in [0, 0.05) is 30.3 Å². The second-order valence-corrected chi connectivity index (χ2v) is 6.15. The number of halogens is 1. The number of ketones is 1. The number of Topliss-reactive ketones (excluding diaryl/α,β-unsaturated/α-hetero) is 1. The van der Waals surface area contributed by atoms with E-state index in [0.29, 0.717) is 24.5 Å². The molecule has 0 unspecified atom stereocenters. The van der Waals surface area contributed by atoms with Crippen molar-refractivity contribution < 1.29 is 4.79 Å². The predicted molar refractivity (Wildman–Crippen MR) is 90.0 cm³/mol. The molecule has 1 saturated heterocycles. The molecule has 0 aliphatic carbocycles. The van der Waals surface area contributed by atoms with Gasteiger partial charge in [-0.3, -0.25) is 4.79 Å². The summed E-state index contributed by atoms with van der Waals surface area (Å²) in [6.45, 7) is 0. The molecule has 3 rings (SSSR count). The summed E-state index contributed by atoms with van der Waals surface area (Å²) in [5, 5.41) is 3.67. The molecule has 2 nitrogen and oxygen atoms in total. The highest BCUT2D eigenvalue weighted by molar-refractivity contribution is 6.18. The summed E-state index contributed by atoms with van der Waals surface area (Å²) in [4.78, 5) is 12.7. The maximum atomic E-state index is 12.7. The minimum absolute atomic E-state index is 0.0337. The number of piperidine rings is 1. The lowest BCUT2D eigenvalue weighted by Gasteiger charge is -2.37. The largest absolute Gasteiger partial charge is 0.302 e. The van der Waals surface area contributed by atoms with Gasteiger partial charge in [-0.1, -0.05) is 60.7 Å². The lowest BCUT2D eigenvalue weighted by molar-refractivity contribution is -0.126. The van der Waals surface area contributed by atoms with E-state index in [2.05, 4.69) is 29.6 Å². The molecular formula is C19H20ClNO. The van der Waals surface area contributed by atoms with Crippen molar-refractivity contribution in [2.24, 2.45) is 5.92 Å². The van der Waals surface area contributed by atoms with Crippen molar-refractivity contribution in [2.45, 2.75) is 24.9 Å². The van der Waals surface area contributed by atoms with Crippen LogP contribution in [0.5, 0.6) is 0 Å². The molecule has 0 bridgehead atoms. The smallest absolute Gasteiger partial charge is 0.139 e. The maximum Gasteiger partial charge on any atom is 0.139 e. The molecule has 1 aliphatic heterocycles. The summed E-state index contributed by atoms with van der Waals surface area (Å²) in [6.07, 6.45) is 1.25. The summed E-state index contributed by atoms with van der Waals surface area (Å²) in [6, 6.07) is 20.5. The van der Waals surface area contributed by atoms with Gasteiger partial charge in [-0.25, -0.2) is 0 Å². The third kappa shape index (κ3) is 3.23. The highest BCUT2D eigenvalue weighted by Gasteiger charge is 2.36. The first-order valence-corrected chi connectivity index (χ1v) is 8.27. The quantitative estimate of drug-likeness (QED) is 0.854. The Kier molecular flexibility index (Phi) is 4.91. The lowest BCUT2D eigenvalue weighted by atomic mass is 9.79. The number of rotatable bonds is 4. The minimum Gasteiger partial charge on any atom is -0.302 e. The number of alkyl halides is 1. The standard InChI is InChI=1S/C19H20ClNO/c20-12-11-16-18(22)13-17(14-7-3-1-4-8-14)21-19(16)15-9-5-2-6-10-15/h1-10,16-17,19,21H,11-13H2/t16-,17+,19+/m0/s1. The van der Waals surface area contributed by atoms with Crippen LogP contribution in [0.3, 0.4) is 0 Å². The molecular weight excluding hydrogens is 294 g/mol. The number of carbonyl (C=O) groups is 1. The summed E-state index contributed by atoms with van der Waals surface area (Å²) < 4.78 is 0. The van der Waals surface area contributed by atoms with Crippen LogP contribution < -0.4 is 5.32 Å². The van der Waals surface area contributed by atoms with Crippen molar-refractivity contribution >= 4 is 17.4 Å². The molecule has 3 atom stereocenters. The lowest BCUT2D eigenvalue weighted by Crippen LogP contribution is -2.42. The Bertz CT molecular complexity index is 614. The fourth-order valence-corrected chi connectivity index (χ4v) is 3.50.